The van der Waals surface area contributed by atoms with Crippen molar-refractivity contribution in [2.45, 2.75) is 33.1 Å². The molecule has 1 atom stereocenters. The zero-order chi connectivity index (χ0) is 18.2. The molecule has 1 amide bonds. The molecule has 4 nitrogen and oxygen atoms in total. The van der Waals surface area contributed by atoms with Crippen molar-refractivity contribution in [1.29, 1.82) is 0 Å². The van der Waals surface area contributed by atoms with Gasteiger partial charge in [0.2, 0.25) is 0 Å². The summed E-state index contributed by atoms with van der Waals surface area (Å²) in [5.41, 5.74) is 2.08. The molecule has 0 saturated carbocycles. The van der Waals surface area contributed by atoms with Crippen molar-refractivity contribution in [3.05, 3.63) is 63.9 Å². The minimum absolute atomic E-state index is 0.241. The topological polar surface area (TPSA) is 47.6 Å². The van der Waals surface area contributed by atoms with Crippen molar-refractivity contribution < 1.29 is 18.7 Å². The second kappa shape index (κ2) is 9.53. The van der Waals surface area contributed by atoms with Crippen LogP contribution in [-0.4, -0.2) is 18.6 Å². The van der Waals surface area contributed by atoms with Gasteiger partial charge in [-0.05, 0) is 59.1 Å². The third kappa shape index (κ3) is 6.14. The van der Waals surface area contributed by atoms with Gasteiger partial charge in [-0.2, -0.15) is 0 Å². The standard InChI is InChI=1S/C19H21BrFNO3/c1-3-24-12-15-6-4-14(5-7-15)11-22-19(23)13(2)25-18-9-8-16(21)10-17(18)20/h4-10,13H,3,11-12H2,1-2H3,(H,22,23)/t13-/m1/s1. The molecule has 25 heavy (non-hydrogen) atoms. The monoisotopic (exact) mass is 409 g/mol. The Morgan fingerprint density at radius 3 is 2.52 bits per heavy atom. The molecule has 0 fully saturated rings. The first-order chi connectivity index (χ1) is 12.0. The van der Waals surface area contributed by atoms with Crippen molar-refractivity contribution in [3.8, 4) is 5.75 Å². The summed E-state index contributed by atoms with van der Waals surface area (Å²) in [6, 6.07) is 11.9. The molecule has 2 rings (SSSR count). The Hall–Kier alpha value is -1.92. The van der Waals surface area contributed by atoms with E-state index in [1.54, 1.807) is 6.92 Å². The van der Waals surface area contributed by atoms with E-state index in [1.165, 1.54) is 18.2 Å². The lowest BCUT2D eigenvalue weighted by Gasteiger charge is -2.16. The number of rotatable bonds is 8. The summed E-state index contributed by atoms with van der Waals surface area (Å²) < 4.78 is 24.5. The van der Waals surface area contributed by atoms with Crippen LogP contribution in [0.4, 0.5) is 4.39 Å². The molecular formula is C19H21BrFNO3. The highest BCUT2D eigenvalue weighted by atomic mass is 79.9. The SMILES string of the molecule is CCOCc1ccc(CNC(=O)[C@@H](C)Oc2ccc(F)cc2Br)cc1. The van der Waals surface area contributed by atoms with Gasteiger partial charge in [-0.3, -0.25) is 4.79 Å². The van der Waals surface area contributed by atoms with Crippen molar-refractivity contribution in [2.75, 3.05) is 6.61 Å². The van der Waals surface area contributed by atoms with Crippen LogP contribution in [0, 0.1) is 5.82 Å². The maximum Gasteiger partial charge on any atom is 0.261 e. The summed E-state index contributed by atoms with van der Waals surface area (Å²) in [5.74, 6) is -0.192. The van der Waals surface area contributed by atoms with Crippen molar-refractivity contribution in [2.24, 2.45) is 0 Å². The van der Waals surface area contributed by atoms with Gasteiger partial charge < -0.3 is 14.8 Å². The van der Waals surface area contributed by atoms with E-state index in [2.05, 4.69) is 21.2 Å². The van der Waals surface area contributed by atoms with Crippen LogP contribution in [0.25, 0.3) is 0 Å². The summed E-state index contributed by atoms with van der Waals surface area (Å²) in [4.78, 5) is 12.2. The molecule has 0 aliphatic rings. The number of nitrogens with one attached hydrogen (secondary N) is 1. The highest BCUT2D eigenvalue weighted by Crippen LogP contribution is 2.26. The first-order valence-electron chi connectivity index (χ1n) is 8.04. The summed E-state index contributed by atoms with van der Waals surface area (Å²) in [6.07, 6.45) is -0.695. The number of ether oxygens (including phenoxy) is 2. The van der Waals surface area contributed by atoms with Crippen LogP contribution < -0.4 is 10.1 Å². The molecule has 2 aromatic rings. The molecule has 0 aliphatic heterocycles. The molecule has 0 unspecified atom stereocenters. The number of carbonyl (C=O) groups excluding carboxylic acids is 1. The Morgan fingerprint density at radius 2 is 1.88 bits per heavy atom. The molecule has 134 valence electrons. The van der Waals surface area contributed by atoms with E-state index in [0.29, 0.717) is 30.0 Å². The lowest BCUT2D eigenvalue weighted by Crippen LogP contribution is -2.35. The van der Waals surface area contributed by atoms with Gasteiger partial charge in [-0.25, -0.2) is 4.39 Å². The molecule has 1 N–H and O–H groups in total. The maximum atomic E-state index is 13.1. The van der Waals surface area contributed by atoms with Crippen LogP contribution in [0.5, 0.6) is 5.75 Å². The zero-order valence-electron chi connectivity index (χ0n) is 14.2. The molecule has 0 heterocycles. The molecular weight excluding hydrogens is 389 g/mol. The predicted octanol–water partition coefficient (Wildman–Crippen LogP) is 4.21. The Bertz CT molecular complexity index is 706. The van der Waals surface area contributed by atoms with Gasteiger partial charge in [0.05, 0.1) is 11.1 Å². The lowest BCUT2D eigenvalue weighted by atomic mass is 10.1. The summed E-state index contributed by atoms with van der Waals surface area (Å²) in [7, 11) is 0. The van der Waals surface area contributed by atoms with E-state index in [1.807, 2.05) is 31.2 Å². The first-order valence-corrected chi connectivity index (χ1v) is 8.84. The molecule has 0 aromatic heterocycles. The Labute approximate surface area is 155 Å². The molecule has 0 saturated heterocycles. The van der Waals surface area contributed by atoms with Crippen molar-refractivity contribution in [3.63, 3.8) is 0 Å². The smallest absolute Gasteiger partial charge is 0.261 e. The molecule has 0 radical (unpaired) electrons. The number of benzene rings is 2. The van der Waals surface area contributed by atoms with Gasteiger partial charge in [0.1, 0.15) is 11.6 Å². The minimum atomic E-state index is -0.695. The quantitative estimate of drug-likeness (QED) is 0.710. The van der Waals surface area contributed by atoms with Crippen LogP contribution in [0.1, 0.15) is 25.0 Å². The second-order valence-corrected chi connectivity index (χ2v) is 6.36. The van der Waals surface area contributed by atoms with Crippen molar-refractivity contribution >= 4 is 21.8 Å². The largest absolute Gasteiger partial charge is 0.480 e. The van der Waals surface area contributed by atoms with Crippen LogP contribution in [0.3, 0.4) is 0 Å². The first kappa shape index (κ1) is 19.4. The van der Waals surface area contributed by atoms with Gasteiger partial charge in [-0.1, -0.05) is 24.3 Å². The van der Waals surface area contributed by atoms with E-state index in [-0.39, 0.29) is 11.7 Å². The van der Waals surface area contributed by atoms with Gasteiger partial charge in [0.15, 0.2) is 6.10 Å². The molecule has 0 spiro atoms. The van der Waals surface area contributed by atoms with Gasteiger partial charge in [0.25, 0.3) is 5.91 Å². The third-order valence-corrected chi connectivity index (χ3v) is 4.15. The number of hydrogen-bond donors (Lipinski definition) is 1. The average Bonchev–Trinajstić information content (AvgIpc) is 2.61. The highest BCUT2D eigenvalue weighted by Gasteiger charge is 2.16. The van der Waals surface area contributed by atoms with E-state index in [0.717, 1.165) is 11.1 Å². The number of halogens is 2. The van der Waals surface area contributed by atoms with Gasteiger partial charge in [0, 0.05) is 13.2 Å². The van der Waals surface area contributed by atoms with E-state index in [4.69, 9.17) is 9.47 Å². The Kier molecular flexibility index (Phi) is 7.40. The average molecular weight is 410 g/mol. The lowest BCUT2D eigenvalue weighted by molar-refractivity contribution is -0.127. The third-order valence-electron chi connectivity index (χ3n) is 3.53. The Balaban J connectivity index is 1.84. The molecule has 0 aliphatic carbocycles. The molecule has 2 aromatic carbocycles. The summed E-state index contributed by atoms with van der Waals surface area (Å²) >= 11 is 3.22. The van der Waals surface area contributed by atoms with E-state index in [9.17, 15) is 9.18 Å². The fourth-order valence-electron chi connectivity index (χ4n) is 2.12. The maximum absolute atomic E-state index is 13.1. The fourth-order valence-corrected chi connectivity index (χ4v) is 2.57. The van der Waals surface area contributed by atoms with E-state index >= 15 is 0 Å². The van der Waals surface area contributed by atoms with Gasteiger partial charge in [-0.15, -0.1) is 0 Å². The van der Waals surface area contributed by atoms with Crippen LogP contribution >= 0.6 is 15.9 Å². The number of carbonyl (C=O) groups is 1. The van der Waals surface area contributed by atoms with E-state index < -0.39 is 6.10 Å². The van der Waals surface area contributed by atoms with Crippen LogP contribution in [0.15, 0.2) is 46.9 Å². The number of hydrogen-bond acceptors (Lipinski definition) is 3. The zero-order valence-corrected chi connectivity index (χ0v) is 15.8. The van der Waals surface area contributed by atoms with Crippen LogP contribution in [-0.2, 0) is 22.7 Å². The minimum Gasteiger partial charge on any atom is -0.480 e. The Morgan fingerprint density at radius 1 is 1.20 bits per heavy atom. The molecule has 0 bridgehead atoms. The predicted molar refractivity (Wildman–Crippen MR) is 97.8 cm³/mol. The van der Waals surface area contributed by atoms with Crippen LogP contribution in [0.2, 0.25) is 0 Å². The molecule has 6 heteroatoms. The summed E-state index contributed by atoms with van der Waals surface area (Å²) in [6.45, 7) is 5.28. The fraction of sp³-hybridized carbons (Fsp3) is 0.316. The highest BCUT2D eigenvalue weighted by molar-refractivity contribution is 9.10. The van der Waals surface area contributed by atoms with Crippen molar-refractivity contribution in [1.82, 2.24) is 5.32 Å². The second-order valence-electron chi connectivity index (χ2n) is 5.51. The normalized spacial score (nSPS) is 11.8. The summed E-state index contributed by atoms with van der Waals surface area (Å²) in [5, 5.41) is 2.83. The number of amides is 1. The van der Waals surface area contributed by atoms with Gasteiger partial charge >= 0.3 is 0 Å².